The number of hydrazone groups is 1. The molecule has 0 aromatic heterocycles. The van der Waals surface area contributed by atoms with E-state index in [1.807, 2.05) is 0 Å². The molecule has 2 rings (SSSR count). The highest BCUT2D eigenvalue weighted by Gasteiger charge is 2.52. The molecule has 0 spiro atoms. The number of aliphatic carboxylic acids is 1. The highest BCUT2D eigenvalue weighted by Crippen LogP contribution is 2.29. The minimum atomic E-state index is -3.34. The van der Waals surface area contributed by atoms with Crippen molar-refractivity contribution in [2.24, 2.45) is 5.10 Å². The zero-order valence-electron chi connectivity index (χ0n) is 15.5. The Kier molecular flexibility index (Phi) is 6.39. The molecule has 1 heterocycles. The van der Waals surface area contributed by atoms with E-state index in [1.165, 1.54) is 19.2 Å². The second-order valence-electron chi connectivity index (χ2n) is 6.51. The molecule has 1 aliphatic rings. The van der Waals surface area contributed by atoms with Crippen LogP contribution in [-0.4, -0.2) is 66.4 Å². The minimum absolute atomic E-state index is 0.140. The summed E-state index contributed by atoms with van der Waals surface area (Å²) in [4.78, 5) is 36.7. The van der Waals surface area contributed by atoms with Crippen LogP contribution in [0, 0.1) is 0 Å². The third-order valence-corrected chi connectivity index (χ3v) is 5.68. The summed E-state index contributed by atoms with van der Waals surface area (Å²) in [6.07, 6.45) is 0.970. The molecule has 0 bridgehead atoms. The summed E-state index contributed by atoms with van der Waals surface area (Å²) in [5, 5.41) is 13.2. The topological polar surface area (TPSA) is 142 Å². The summed E-state index contributed by atoms with van der Waals surface area (Å²) in [6.45, 7) is 2.76. The van der Waals surface area contributed by atoms with E-state index in [0.29, 0.717) is 5.75 Å². The number of rotatable bonds is 8. The molecule has 1 fully saturated rings. The summed E-state index contributed by atoms with van der Waals surface area (Å²) in [6, 6.07) is 4.02. The number of carbonyl (C=O) groups is 3. The monoisotopic (exact) mass is 411 g/mol. The number of thiol groups is 1. The molecule has 3 atom stereocenters. The molecule has 1 aliphatic heterocycles. The van der Waals surface area contributed by atoms with Crippen LogP contribution in [0.25, 0.3) is 0 Å². The average Bonchev–Trinajstić information content (AvgIpc) is 2.65. The molecule has 1 aromatic rings. The van der Waals surface area contributed by atoms with Gasteiger partial charge in [0.15, 0.2) is 16.7 Å². The number of hydrogen-bond donors (Lipinski definition) is 3. The minimum Gasteiger partial charge on any atom is -0.497 e. The average molecular weight is 411 g/mol. The molecule has 11 heteroatoms. The van der Waals surface area contributed by atoms with E-state index in [4.69, 9.17) is 4.74 Å². The van der Waals surface area contributed by atoms with Gasteiger partial charge in [0, 0.05) is 24.2 Å². The van der Waals surface area contributed by atoms with E-state index in [1.54, 1.807) is 19.1 Å². The van der Waals surface area contributed by atoms with Gasteiger partial charge in [0.05, 0.1) is 7.11 Å². The first-order chi connectivity index (χ1) is 13.1. The quantitative estimate of drug-likeness (QED) is 0.234. The second-order valence-corrected chi connectivity index (χ2v) is 7.98. The molecular weight excluding hydrogens is 390 g/mol. The van der Waals surface area contributed by atoms with Crippen molar-refractivity contribution in [3.05, 3.63) is 29.8 Å². The van der Waals surface area contributed by atoms with Gasteiger partial charge in [0.1, 0.15) is 10.5 Å². The van der Waals surface area contributed by atoms with Gasteiger partial charge in [0.2, 0.25) is 5.91 Å². The lowest BCUT2D eigenvalue weighted by Gasteiger charge is -2.45. The Morgan fingerprint density at radius 2 is 2.00 bits per heavy atom. The molecule has 2 amide bonds. The number of likely N-dealkylation sites (tertiary alicyclic amines) is 1. The predicted octanol–water partition coefficient (Wildman–Crippen LogP) is -0.145. The molecule has 0 radical (unpaired) electrons. The van der Waals surface area contributed by atoms with Crippen molar-refractivity contribution < 1.29 is 32.6 Å². The van der Waals surface area contributed by atoms with Crippen LogP contribution in [0.2, 0.25) is 0 Å². The van der Waals surface area contributed by atoms with Crippen molar-refractivity contribution in [3.63, 3.8) is 0 Å². The van der Waals surface area contributed by atoms with Crippen LogP contribution < -0.4 is 10.2 Å². The van der Waals surface area contributed by atoms with E-state index in [9.17, 15) is 27.9 Å². The Hall–Kier alpha value is -2.95. The lowest BCUT2D eigenvalue weighted by atomic mass is 9.92. The molecule has 10 nitrogen and oxygen atoms in total. The van der Waals surface area contributed by atoms with Crippen LogP contribution in [0.5, 0.6) is 5.75 Å². The summed E-state index contributed by atoms with van der Waals surface area (Å²) in [7, 11) is -1.86. The van der Waals surface area contributed by atoms with Gasteiger partial charge in [0.25, 0.3) is 5.91 Å². The zero-order chi connectivity index (χ0) is 21.1. The number of benzene rings is 1. The number of methoxy groups -OCH3 is 1. The van der Waals surface area contributed by atoms with Gasteiger partial charge in [-0.3, -0.25) is 9.59 Å². The first-order valence-corrected chi connectivity index (χ1v) is 9.46. The smallest absolute Gasteiger partial charge is 0.328 e. The van der Waals surface area contributed by atoms with E-state index in [0.717, 1.165) is 18.0 Å². The lowest BCUT2D eigenvalue weighted by molar-refractivity contribution is -0.161. The van der Waals surface area contributed by atoms with Gasteiger partial charge in [-0.05, 0) is 38.1 Å². The summed E-state index contributed by atoms with van der Waals surface area (Å²) < 4.78 is 26.7. The van der Waals surface area contributed by atoms with Crippen molar-refractivity contribution >= 4 is 34.7 Å². The summed E-state index contributed by atoms with van der Waals surface area (Å²) in [5.74, 6) is -2.01. The fraction of sp³-hybridized carbons (Fsp3) is 0.412. The number of ether oxygens (including phenoxy) is 1. The van der Waals surface area contributed by atoms with Crippen LogP contribution >= 0.6 is 0 Å². The van der Waals surface area contributed by atoms with E-state index >= 15 is 0 Å². The zero-order valence-corrected chi connectivity index (χ0v) is 16.4. The largest absolute Gasteiger partial charge is 0.497 e. The number of nitrogens with one attached hydrogen (secondary N) is 1. The van der Waals surface area contributed by atoms with Crippen LogP contribution in [-0.2, 0) is 20.3 Å². The first kappa shape index (κ1) is 21.4. The molecule has 28 heavy (non-hydrogen) atoms. The number of carboxylic acid groups (broad SMARTS) is 1. The second kappa shape index (κ2) is 8.38. The van der Waals surface area contributed by atoms with Crippen LogP contribution in [0.3, 0.4) is 0 Å². The maximum Gasteiger partial charge on any atom is 0.328 e. The third kappa shape index (κ3) is 4.14. The Morgan fingerprint density at radius 1 is 1.39 bits per heavy atom. The highest BCUT2D eigenvalue weighted by atomic mass is 32.2. The first-order valence-electron chi connectivity index (χ1n) is 8.29. The van der Waals surface area contributed by atoms with Gasteiger partial charge >= 0.3 is 5.97 Å². The molecule has 0 unspecified atom stereocenters. The number of carboxylic acids is 1. The molecule has 152 valence electrons. The number of carbonyl (C=O) groups excluding carboxylic acids is 2. The van der Waals surface area contributed by atoms with Crippen molar-refractivity contribution in [1.29, 1.82) is 0 Å². The van der Waals surface area contributed by atoms with Gasteiger partial charge < -0.3 is 14.7 Å². The Morgan fingerprint density at radius 3 is 2.43 bits per heavy atom. The standard InChI is InChI=1S/C17H21N3O7S/c1-10-8-13(21)20(10)14(16(23)24)17(2,28(25)26)9-18-19-15(22)11-4-6-12(27-3)7-5-11/h4-7,9-10,14,28H,8H2,1-3H3,(H,19,22)(H,23,24)/b18-9+/t10-,14+,17+/m1/s1. The van der Waals surface area contributed by atoms with Crippen molar-refractivity contribution in [2.75, 3.05) is 7.11 Å². The van der Waals surface area contributed by atoms with E-state index < -0.39 is 45.3 Å². The van der Waals surface area contributed by atoms with Crippen molar-refractivity contribution in [3.8, 4) is 5.75 Å². The maximum atomic E-state index is 12.1. The SMILES string of the molecule is COc1ccc(C(=O)N/N=C/[C@@](C)([C@H](C(=O)O)N2C(=O)C[C@H]2C)[SH](=O)=O)cc1. The summed E-state index contributed by atoms with van der Waals surface area (Å²) >= 11 is 0. The number of β-lactam (4-membered cyclic amide) rings is 1. The van der Waals surface area contributed by atoms with Crippen LogP contribution in [0.1, 0.15) is 30.6 Å². The molecule has 2 N–H and O–H groups in total. The fourth-order valence-corrected chi connectivity index (χ4v) is 3.47. The highest BCUT2D eigenvalue weighted by molar-refractivity contribution is 7.75. The van der Waals surface area contributed by atoms with Crippen molar-refractivity contribution in [1.82, 2.24) is 10.3 Å². The molecule has 0 saturated carbocycles. The Balaban J connectivity index is 2.23. The lowest BCUT2D eigenvalue weighted by Crippen LogP contribution is -2.66. The number of nitrogens with zero attached hydrogens (tertiary/aromatic N) is 2. The molecule has 0 aliphatic carbocycles. The summed E-state index contributed by atoms with van der Waals surface area (Å²) in [5.41, 5.74) is 2.41. The van der Waals surface area contributed by atoms with Gasteiger partial charge in [-0.2, -0.15) is 5.10 Å². The molecule has 1 saturated heterocycles. The maximum absolute atomic E-state index is 12.1. The third-order valence-electron chi connectivity index (χ3n) is 4.54. The normalized spacial score (nSPS) is 19.8. The van der Waals surface area contributed by atoms with Crippen LogP contribution in [0.4, 0.5) is 0 Å². The molecular formula is C17H21N3O7S. The number of hydrogen-bond acceptors (Lipinski definition) is 7. The van der Waals surface area contributed by atoms with Gasteiger partial charge in [-0.15, -0.1) is 0 Å². The predicted molar refractivity (Wildman–Crippen MR) is 100 cm³/mol. The van der Waals surface area contributed by atoms with Crippen molar-refractivity contribution in [2.45, 2.75) is 37.1 Å². The molecule has 1 aromatic carbocycles. The van der Waals surface area contributed by atoms with E-state index in [2.05, 4.69) is 10.5 Å². The van der Waals surface area contributed by atoms with Gasteiger partial charge in [-0.25, -0.2) is 18.6 Å². The Bertz CT molecular complexity index is 873. The Labute approximate surface area is 163 Å². The van der Waals surface area contributed by atoms with E-state index in [-0.39, 0.29) is 12.0 Å². The fourth-order valence-electron chi connectivity index (χ4n) is 2.88. The van der Waals surface area contributed by atoms with Gasteiger partial charge in [-0.1, -0.05) is 0 Å². The number of amides is 2. The van der Waals surface area contributed by atoms with Crippen LogP contribution in [0.15, 0.2) is 29.4 Å².